The van der Waals surface area contributed by atoms with E-state index in [1.165, 1.54) is 17.9 Å². The largest absolute Gasteiger partial charge is 0.480 e. The number of amides is 2. The van der Waals surface area contributed by atoms with Crippen LogP contribution in [0, 0.1) is 0 Å². The highest BCUT2D eigenvalue weighted by Crippen LogP contribution is 2.08. The molecule has 0 radical (unpaired) electrons. The predicted molar refractivity (Wildman–Crippen MR) is 77.7 cm³/mol. The minimum absolute atomic E-state index is 0.131. The third kappa shape index (κ3) is 5.48. The number of aliphatic carboxylic acids is 1. The van der Waals surface area contributed by atoms with E-state index in [0.29, 0.717) is 12.1 Å². The fourth-order valence-electron chi connectivity index (χ4n) is 1.71. The summed E-state index contributed by atoms with van der Waals surface area (Å²) in [5, 5.41) is 11.5. The maximum atomic E-state index is 12.2. The van der Waals surface area contributed by atoms with Crippen LogP contribution in [0.2, 0.25) is 0 Å². The van der Waals surface area contributed by atoms with Crippen LogP contribution < -0.4 is 5.32 Å². The van der Waals surface area contributed by atoms with Gasteiger partial charge in [-0.15, -0.1) is 6.58 Å². The molecular weight excluding hydrogens is 272 g/mol. The number of hydrogen-bond donors (Lipinski definition) is 2. The van der Waals surface area contributed by atoms with Gasteiger partial charge in [-0.1, -0.05) is 18.2 Å². The Morgan fingerprint density at radius 2 is 1.90 bits per heavy atom. The van der Waals surface area contributed by atoms with Crippen molar-refractivity contribution in [2.45, 2.75) is 13.5 Å². The molecule has 6 heteroatoms. The Balaban J connectivity index is 2.78. The number of carboxylic acids is 1. The summed E-state index contributed by atoms with van der Waals surface area (Å²) < 4.78 is 0. The van der Waals surface area contributed by atoms with Crippen LogP contribution >= 0.6 is 0 Å². The van der Waals surface area contributed by atoms with Gasteiger partial charge >= 0.3 is 5.97 Å². The van der Waals surface area contributed by atoms with Crippen molar-refractivity contribution in [2.24, 2.45) is 0 Å². The van der Waals surface area contributed by atoms with Crippen molar-refractivity contribution in [3.63, 3.8) is 0 Å². The minimum atomic E-state index is -1.08. The lowest BCUT2D eigenvalue weighted by Gasteiger charge is -2.19. The Morgan fingerprint density at radius 3 is 2.38 bits per heavy atom. The zero-order valence-electron chi connectivity index (χ0n) is 11.8. The number of benzene rings is 1. The zero-order chi connectivity index (χ0) is 15.8. The van der Waals surface area contributed by atoms with Gasteiger partial charge in [0.05, 0.1) is 0 Å². The molecule has 0 bridgehead atoms. The van der Waals surface area contributed by atoms with E-state index < -0.39 is 5.97 Å². The van der Waals surface area contributed by atoms with Crippen LogP contribution in [0.4, 0.5) is 0 Å². The van der Waals surface area contributed by atoms with Gasteiger partial charge in [0.15, 0.2) is 0 Å². The molecule has 0 aliphatic rings. The summed E-state index contributed by atoms with van der Waals surface area (Å²) in [5.41, 5.74) is 1.25. The molecule has 1 aromatic carbocycles. The van der Waals surface area contributed by atoms with Gasteiger partial charge in [-0.25, -0.2) is 0 Å². The highest BCUT2D eigenvalue weighted by Gasteiger charge is 2.17. The second kappa shape index (κ2) is 7.84. The molecule has 0 unspecified atom stereocenters. The van der Waals surface area contributed by atoms with Gasteiger partial charge < -0.3 is 15.3 Å². The number of rotatable bonds is 7. The molecule has 2 amide bonds. The summed E-state index contributed by atoms with van der Waals surface area (Å²) in [6.45, 7) is 5.11. The predicted octanol–water partition coefficient (Wildman–Crippen LogP) is 1.04. The van der Waals surface area contributed by atoms with Crippen LogP contribution in [0.5, 0.6) is 0 Å². The highest BCUT2D eigenvalue weighted by atomic mass is 16.4. The molecule has 1 rings (SSSR count). The molecular formula is C15H18N2O4. The summed E-state index contributed by atoms with van der Waals surface area (Å²) in [7, 11) is 0. The van der Waals surface area contributed by atoms with Crippen LogP contribution in [-0.4, -0.2) is 40.9 Å². The fourth-order valence-corrected chi connectivity index (χ4v) is 1.71. The molecule has 0 saturated carbocycles. The molecule has 0 aliphatic carbocycles. The maximum Gasteiger partial charge on any atom is 0.323 e. The van der Waals surface area contributed by atoms with Gasteiger partial charge in [-0.2, -0.15) is 0 Å². The summed E-state index contributed by atoms with van der Waals surface area (Å²) in [6, 6.07) is 6.65. The molecule has 2 N–H and O–H groups in total. The minimum Gasteiger partial charge on any atom is -0.480 e. The number of carboxylic acid groups (broad SMARTS) is 1. The van der Waals surface area contributed by atoms with Crippen molar-refractivity contribution in [1.29, 1.82) is 0 Å². The maximum absolute atomic E-state index is 12.2. The molecule has 0 aromatic heterocycles. The standard InChI is InChI=1S/C15H18N2O4/c1-3-8-17(10-14(19)20)15(21)13-6-4-12(5-7-13)9-16-11(2)18/h3-7H,1,8-10H2,2H3,(H,16,18)(H,19,20). The lowest BCUT2D eigenvalue weighted by Crippen LogP contribution is -2.35. The number of carbonyl (C=O) groups excluding carboxylic acids is 2. The molecule has 1 aromatic rings. The number of nitrogens with zero attached hydrogens (tertiary/aromatic N) is 1. The van der Waals surface area contributed by atoms with Crippen LogP contribution in [0.15, 0.2) is 36.9 Å². The molecule has 6 nitrogen and oxygen atoms in total. The van der Waals surface area contributed by atoms with Gasteiger partial charge in [0.2, 0.25) is 5.91 Å². The second-order valence-corrected chi connectivity index (χ2v) is 4.47. The van der Waals surface area contributed by atoms with Crippen LogP contribution in [0.1, 0.15) is 22.8 Å². The Kier molecular flexibility index (Phi) is 6.13. The normalized spacial score (nSPS) is 9.76. The van der Waals surface area contributed by atoms with Crippen molar-refractivity contribution in [1.82, 2.24) is 10.2 Å². The topological polar surface area (TPSA) is 86.7 Å². The Labute approximate surface area is 123 Å². The smallest absolute Gasteiger partial charge is 0.323 e. The summed E-state index contributed by atoms with van der Waals surface area (Å²) in [4.78, 5) is 35.0. The van der Waals surface area contributed by atoms with Crippen LogP contribution in [-0.2, 0) is 16.1 Å². The molecule has 0 heterocycles. The van der Waals surface area contributed by atoms with Crippen molar-refractivity contribution in [3.05, 3.63) is 48.0 Å². The van der Waals surface area contributed by atoms with Crippen molar-refractivity contribution in [3.8, 4) is 0 Å². The molecule has 0 spiro atoms. The lowest BCUT2D eigenvalue weighted by molar-refractivity contribution is -0.137. The Bertz CT molecular complexity index is 537. The first-order chi connectivity index (χ1) is 9.93. The van der Waals surface area contributed by atoms with Gasteiger partial charge in [0, 0.05) is 25.6 Å². The van der Waals surface area contributed by atoms with Gasteiger partial charge in [-0.05, 0) is 17.7 Å². The van der Waals surface area contributed by atoms with Gasteiger partial charge in [0.25, 0.3) is 5.91 Å². The molecule has 0 fully saturated rings. The van der Waals surface area contributed by atoms with Crippen molar-refractivity contribution in [2.75, 3.05) is 13.1 Å². The first-order valence-corrected chi connectivity index (χ1v) is 6.39. The van der Waals surface area contributed by atoms with Crippen LogP contribution in [0.25, 0.3) is 0 Å². The lowest BCUT2D eigenvalue weighted by atomic mass is 10.1. The Morgan fingerprint density at radius 1 is 1.29 bits per heavy atom. The average Bonchev–Trinajstić information content (AvgIpc) is 2.44. The van der Waals surface area contributed by atoms with E-state index >= 15 is 0 Å². The molecule has 112 valence electrons. The van der Waals surface area contributed by atoms with Gasteiger partial charge in [0.1, 0.15) is 6.54 Å². The van der Waals surface area contributed by atoms with E-state index in [9.17, 15) is 14.4 Å². The monoisotopic (exact) mass is 290 g/mol. The molecule has 0 aliphatic heterocycles. The molecule has 0 atom stereocenters. The second-order valence-electron chi connectivity index (χ2n) is 4.47. The fraction of sp³-hybridized carbons (Fsp3) is 0.267. The first kappa shape index (κ1) is 16.4. The summed E-state index contributed by atoms with van der Waals surface area (Å²) in [5.74, 6) is -1.58. The quantitative estimate of drug-likeness (QED) is 0.734. The molecule has 21 heavy (non-hydrogen) atoms. The zero-order valence-corrected chi connectivity index (χ0v) is 11.8. The van der Waals surface area contributed by atoms with E-state index in [2.05, 4.69) is 11.9 Å². The highest BCUT2D eigenvalue weighted by molar-refractivity contribution is 5.96. The van der Waals surface area contributed by atoms with E-state index in [-0.39, 0.29) is 24.9 Å². The third-order valence-corrected chi connectivity index (χ3v) is 2.71. The molecule has 0 saturated heterocycles. The van der Waals surface area contributed by atoms with Crippen molar-refractivity contribution >= 4 is 17.8 Å². The first-order valence-electron chi connectivity index (χ1n) is 6.39. The number of carbonyl (C=O) groups is 3. The SMILES string of the molecule is C=CCN(CC(=O)O)C(=O)c1ccc(CNC(C)=O)cc1. The van der Waals surface area contributed by atoms with E-state index in [0.717, 1.165) is 5.56 Å². The summed E-state index contributed by atoms with van der Waals surface area (Å²) >= 11 is 0. The summed E-state index contributed by atoms with van der Waals surface area (Å²) in [6.07, 6.45) is 1.48. The van der Waals surface area contributed by atoms with E-state index in [1.54, 1.807) is 24.3 Å². The van der Waals surface area contributed by atoms with E-state index in [1.807, 2.05) is 0 Å². The Hall–Kier alpha value is -2.63. The third-order valence-electron chi connectivity index (χ3n) is 2.71. The van der Waals surface area contributed by atoms with Crippen LogP contribution in [0.3, 0.4) is 0 Å². The van der Waals surface area contributed by atoms with Crippen molar-refractivity contribution < 1.29 is 19.5 Å². The number of nitrogens with one attached hydrogen (secondary N) is 1. The van der Waals surface area contributed by atoms with E-state index in [4.69, 9.17) is 5.11 Å². The number of hydrogen-bond acceptors (Lipinski definition) is 3. The van der Waals surface area contributed by atoms with Gasteiger partial charge in [-0.3, -0.25) is 14.4 Å². The average molecular weight is 290 g/mol.